The van der Waals surface area contributed by atoms with E-state index in [9.17, 15) is 14.7 Å². The first kappa shape index (κ1) is 22.6. The van der Waals surface area contributed by atoms with Gasteiger partial charge in [0.25, 0.3) is 0 Å². The monoisotopic (exact) mass is 467 g/mol. The van der Waals surface area contributed by atoms with E-state index in [2.05, 4.69) is 10.6 Å². The number of ether oxygens (including phenoxy) is 3. The van der Waals surface area contributed by atoms with Gasteiger partial charge in [0.15, 0.2) is 0 Å². The maximum Gasteiger partial charge on any atom is 0.323 e. The van der Waals surface area contributed by atoms with Crippen LogP contribution in [0.5, 0.6) is 5.75 Å². The number of anilines is 2. The molecule has 180 valence electrons. The molecule has 2 aromatic rings. The molecule has 3 heterocycles. The summed E-state index contributed by atoms with van der Waals surface area (Å²) in [6.45, 7) is 2.09. The van der Waals surface area contributed by atoms with Crippen LogP contribution in [0.1, 0.15) is 24.3 Å². The Labute approximate surface area is 198 Å². The van der Waals surface area contributed by atoms with Crippen molar-refractivity contribution in [1.29, 1.82) is 0 Å². The van der Waals surface area contributed by atoms with E-state index in [4.69, 9.17) is 14.2 Å². The van der Waals surface area contributed by atoms with Crippen molar-refractivity contribution in [3.63, 3.8) is 0 Å². The van der Waals surface area contributed by atoms with Gasteiger partial charge in [-0.1, -0.05) is 18.2 Å². The fraction of sp³-hybridized carbons (Fsp3) is 0.440. The number of urea groups is 1. The summed E-state index contributed by atoms with van der Waals surface area (Å²) in [4.78, 5) is 27.0. The zero-order valence-corrected chi connectivity index (χ0v) is 18.8. The van der Waals surface area contributed by atoms with Crippen molar-refractivity contribution in [1.82, 2.24) is 4.90 Å². The van der Waals surface area contributed by atoms with Crippen LogP contribution in [0.3, 0.4) is 0 Å². The fourth-order valence-electron chi connectivity index (χ4n) is 4.92. The van der Waals surface area contributed by atoms with E-state index < -0.39 is 6.10 Å². The van der Waals surface area contributed by atoms with Crippen LogP contribution in [0.4, 0.5) is 16.2 Å². The summed E-state index contributed by atoms with van der Waals surface area (Å²) in [5.74, 6) is 0.712. The normalized spacial score (nSPS) is 25.6. The molecule has 4 atom stereocenters. The molecule has 2 fully saturated rings. The highest BCUT2D eigenvalue weighted by Gasteiger charge is 2.46. The Morgan fingerprint density at radius 1 is 1.03 bits per heavy atom. The minimum atomic E-state index is -0.522. The van der Waals surface area contributed by atoms with Gasteiger partial charge < -0.3 is 34.9 Å². The predicted octanol–water partition coefficient (Wildman–Crippen LogP) is 2.57. The first-order valence-corrected chi connectivity index (χ1v) is 11.7. The highest BCUT2D eigenvalue weighted by molar-refractivity contribution is 5.99. The number of aliphatic hydroxyl groups excluding tert-OH is 1. The highest BCUT2D eigenvalue weighted by Crippen LogP contribution is 2.47. The van der Waals surface area contributed by atoms with Crippen molar-refractivity contribution in [3.8, 4) is 5.75 Å². The van der Waals surface area contributed by atoms with Gasteiger partial charge in [-0.25, -0.2) is 4.79 Å². The van der Waals surface area contributed by atoms with Crippen LogP contribution in [0.15, 0.2) is 48.5 Å². The summed E-state index contributed by atoms with van der Waals surface area (Å²) >= 11 is 0. The van der Waals surface area contributed by atoms with Gasteiger partial charge in [-0.05, 0) is 36.8 Å². The van der Waals surface area contributed by atoms with Crippen molar-refractivity contribution in [2.45, 2.75) is 37.1 Å². The quantitative estimate of drug-likeness (QED) is 0.624. The Morgan fingerprint density at radius 3 is 2.56 bits per heavy atom. The molecule has 2 aromatic carbocycles. The topological polar surface area (TPSA) is 109 Å². The van der Waals surface area contributed by atoms with E-state index in [0.29, 0.717) is 49.8 Å². The smallest absolute Gasteiger partial charge is 0.323 e. The van der Waals surface area contributed by atoms with Crippen LogP contribution in [0.25, 0.3) is 0 Å². The molecule has 9 nitrogen and oxygen atoms in total. The molecule has 5 rings (SSSR count). The number of rotatable bonds is 5. The van der Waals surface area contributed by atoms with E-state index in [1.54, 1.807) is 11.0 Å². The number of aliphatic hydroxyl groups is 1. The lowest BCUT2D eigenvalue weighted by molar-refractivity contribution is -0.151. The lowest BCUT2D eigenvalue weighted by Crippen LogP contribution is -2.48. The number of carbonyl (C=O) groups is 2. The molecule has 3 amide bonds. The van der Waals surface area contributed by atoms with Crippen LogP contribution >= 0.6 is 0 Å². The number of nitrogens with one attached hydrogen (secondary N) is 2. The van der Waals surface area contributed by atoms with E-state index in [0.717, 1.165) is 5.56 Å². The lowest BCUT2D eigenvalue weighted by Gasteiger charge is -2.38. The molecule has 3 aliphatic heterocycles. The molecule has 0 aromatic heterocycles. The maximum absolute atomic E-state index is 12.8. The average Bonchev–Trinajstić information content (AvgIpc) is 3.22. The second kappa shape index (κ2) is 10.0. The van der Waals surface area contributed by atoms with Crippen LogP contribution in [0, 0.1) is 0 Å². The number of nitrogens with zero attached hydrogens (tertiary/aromatic N) is 1. The van der Waals surface area contributed by atoms with E-state index in [1.807, 2.05) is 42.5 Å². The third-order valence-electron chi connectivity index (χ3n) is 6.55. The summed E-state index contributed by atoms with van der Waals surface area (Å²) in [7, 11) is 0. The van der Waals surface area contributed by atoms with Crippen molar-refractivity contribution in [2.24, 2.45) is 0 Å². The zero-order valence-electron chi connectivity index (χ0n) is 18.8. The molecule has 0 radical (unpaired) electrons. The Bertz CT molecular complexity index is 1030. The second-order valence-corrected chi connectivity index (χ2v) is 8.80. The molecule has 34 heavy (non-hydrogen) atoms. The number of carbonyl (C=O) groups excluding carboxylic acids is 2. The third-order valence-corrected chi connectivity index (χ3v) is 6.55. The number of para-hydroxylation sites is 1. The van der Waals surface area contributed by atoms with Crippen LogP contribution in [0.2, 0.25) is 0 Å². The first-order chi connectivity index (χ1) is 16.6. The Kier molecular flexibility index (Phi) is 6.66. The molecule has 0 saturated carbocycles. The van der Waals surface area contributed by atoms with Crippen LogP contribution < -0.4 is 15.4 Å². The zero-order chi connectivity index (χ0) is 23.5. The summed E-state index contributed by atoms with van der Waals surface area (Å²) in [6, 6.07) is 14.4. The highest BCUT2D eigenvalue weighted by atomic mass is 16.6. The van der Waals surface area contributed by atoms with Gasteiger partial charge in [0.05, 0.1) is 32.3 Å². The SMILES string of the molecule is O=C(Nc1ccccc1)Nc1ccc2c(c1)[C@@H]1C[C@H](CC(=O)N3CCOCC3)O[C@H](CO)[C@@H]1O2. The van der Waals surface area contributed by atoms with Gasteiger partial charge in [-0.3, -0.25) is 4.79 Å². The summed E-state index contributed by atoms with van der Waals surface area (Å²) in [6.07, 6.45) is -0.313. The maximum atomic E-state index is 12.8. The summed E-state index contributed by atoms with van der Waals surface area (Å²) in [5.41, 5.74) is 2.30. The lowest BCUT2D eigenvalue weighted by atomic mass is 9.84. The average molecular weight is 468 g/mol. The molecule has 3 N–H and O–H groups in total. The van der Waals surface area contributed by atoms with Gasteiger partial charge in [0.2, 0.25) is 5.91 Å². The molecule has 3 aliphatic rings. The minimum Gasteiger partial charge on any atom is -0.487 e. The molecular formula is C25H29N3O6. The fourth-order valence-corrected chi connectivity index (χ4v) is 4.92. The summed E-state index contributed by atoms with van der Waals surface area (Å²) in [5, 5.41) is 15.6. The van der Waals surface area contributed by atoms with Crippen LogP contribution in [-0.4, -0.2) is 73.2 Å². The minimum absolute atomic E-state index is 0.0376. The molecular weight excluding hydrogens is 438 g/mol. The molecule has 0 spiro atoms. The van der Waals surface area contributed by atoms with E-state index in [1.165, 1.54) is 0 Å². The van der Waals surface area contributed by atoms with Crippen LogP contribution in [-0.2, 0) is 14.3 Å². The number of hydrogen-bond donors (Lipinski definition) is 3. The van der Waals surface area contributed by atoms with Crippen molar-refractivity contribution in [3.05, 3.63) is 54.1 Å². The first-order valence-electron chi connectivity index (χ1n) is 11.7. The summed E-state index contributed by atoms with van der Waals surface area (Å²) < 4.78 is 17.5. The van der Waals surface area contributed by atoms with Gasteiger partial charge in [0.1, 0.15) is 18.0 Å². The van der Waals surface area contributed by atoms with Gasteiger partial charge in [0, 0.05) is 35.9 Å². The molecule has 0 bridgehead atoms. The number of benzene rings is 2. The Hall–Kier alpha value is -3.14. The second-order valence-electron chi connectivity index (χ2n) is 8.80. The number of fused-ring (bicyclic) bond motifs is 3. The Balaban J connectivity index is 1.28. The third kappa shape index (κ3) is 4.86. The molecule has 9 heteroatoms. The van der Waals surface area contributed by atoms with Crippen molar-refractivity contribution < 1.29 is 28.9 Å². The van der Waals surface area contributed by atoms with Crippen molar-refractivity contribution >= 4 is 23.3 Å². The Morgan fingerprint density at radius 2 is 1.79 bits per heavy atom. The van der Waals surface area contributed by atoms with E-state index in [-0.39, 0.29) is 43.1 Å². The molecule has 2 saturated heterocycles. The molecule has 0 aliphatic carbocycles. The molecule has 0 unspecified atom stereocenters. The predicted molar refractivity (Wildman–Crippen MR) is 125 cm³/mol. The number of hydrogen-bond acceptors (Lipinski definition) is 6. The number of amides is 3. The van der Waals surface area contributed by atoms with Crippen molar-refractivity contribution in [2.75, 3.05) is 43.5 Å². The number of morpholine rings is 1. The van der Waals surface area contributed by atoms with E-state index >= 15 is 0 Å². The van der Waals surface area contributed by atoms with Gasteiger partial charge in [-0.2, -0.15) is 0 Å². The van der Waals surface area contributed by atoms with Gasteiger partial charge in [-0.15, -0.1) is 0 Å². The van der Waals surface area contributed by atoms with Gasteiger partial charge >= 0.3 is 6.03 Å². The standard InChI is InChI=1S/C25H29N3O6/c29-15-22-24-20(13-18(33-22)14-23(30)28-8-10-32-11-9-28)19-12-17(6-7-21(19)34-24)27-25(31)26-16-4-2-1-3-5-16/h1-7,12,18,20,22,24,29H,8-11,13-15H2,(H2,26,27,31)/t18-,20+,22-,24-/m1/s1. The largest absolute Gasteiger partial charge is 0.487 e.